The highest BCUT2D eigenvalue weighted by Gasteiger charge is 1.97. The first-order chi connectivity index (χ1) is 5.27. The predicted molar refractivity (Wildman–Crippen MR) is 40.2 cm³/mol. The Balaban J connectivity index is 3.02. The van der Waals surface area contributed by atoms with Gasteiger partial charge in [0.1, 0.15) is 5.82 Å². The molecule has 0 aliphatic carbocycles. The molecule has 0 spiro atoms. The van der Waals surface area contributed by atoms with E-state index in [-0.39, 0.29) is 5.56 Å². The van der Waals surface area contributed by atoms with E-state index in [0.717, 1.165) is 0 Å². The van der Waals surface area contributed by atoms with Crippen LogP contribution in [0.15, 0.2) is 23.3 Å². The van der Waals surface area contributed by atoms with Gasteiger partial charge in [-0.05, 0) is 0 Å². The first-order valence-electron chi connectivity index (χ1n) is 3.09. The number of nitrogens with one attached hydrogen (secondary N) is 1. The molecule has 2 aromatic rings. The zero-order chi connectivity index (χ0) is 7.84. The van der Waals surface area contributed by atoms with Gasteiger partial charge in [0.05, 0.1) is 0 Å². The minimum atomic E-state index is -0.172. The molecule has 2 aromatic heterocycles. The Hall–Kier alpha value is -1.78. The number of fused-ring (bicyclic) bond motifs is 1. The Kier molecular flexibility index (Phi) is 1.00. The van der Waals surface area contributed by atoms with Crippen molar-refractivity contribution in [2.24, 2.45) is 0 Å². The second kappa shape index (κ2) is 1.85. The van der Waals surface area contributed by atoms with Crippen LogP contribution in [0.1, 0.15) is 0 Å². The van der Waals surface area contributed by atoms with Crippen LogP contribution in [0.2, 0.25) is 0 Å². The average molecular weight is 150 g/mol. The van der Waals surface area contributed by atoms with E-state index in [0.29, 0.717) is 11.6 Å². The molecule has 0 atom stereocenters. The van der Waals surface area contributed by atoms with E-state index >= 15 is 0 Å². The molecule has 0 bridgehead atoms. The third kappa shape index (κ3) is 0.778. The van der Waals surface area contributed by atoms with Crippen molar-refractivity contribution in [2.45, 2.75) is 0 Å². The fourth-order valence-corrected chi connectivity index (χ4v) is 0.941. The fraction of sp³-hybridized carbons (Fsp3) is 0. The molecule has 0 fully saturated rings. The molecular formula is C6H6N4O. The van der Waals surface area contributed by atoms with E-state index in [2.05, 4.69) is 9.97 Å². The van der Waals surface area contributed by atoms with Crippen molar-refractivity contribution in [3.05, 3.63) is 28.8 Å². The van der Waals surface area contributed by atoms with Crippen LogP contribution in [-0.2, 0) is 0 Å². The number of imidazole rings is 1. The third-order valence-electron chi connectivity index (χ3n) is 1.41. The van der Waals surface area contributed by atoms with Crippen molar-refractivity contribution in [2.75, 3.05) is 5.73 Å². The largest absolute Gasteiger partial charge is 0.385 e. The molecule has 0 unspecified atom stereocenters. The molecule has 0 aliphatic heterocycles. The Labute approximate surface area is 61.5 Å². The van der Waals surface area contributed by atoms with Crippen LogP contribution in [0.25, 0.3) is 5.78 Å². The normalized spacial score (nSPS) is 10.5. The Bertz CT molecular complexity index is 441. The van der Waals surface area contributed by atoms with Gasteiger partial charge in [0.2, 0.25) is 5.78 Å². The number of hydrogen-bond donors (Lipinski definition) is 2. The number of H-pyrrole nitrogens is 1. The van der Waals surface area contributed by atoms with Gasteiger partial charge in [-0.25, -0.2) is 4.98 Å². The molecule has 2 heterocycles. The van der Waals surface area contributed by atoms with E-state index in [9.17, 15) is 4.79 Å². The molecule has 3 N–H and O–H groups in total. The first-order valence-corrected chi connectivity index (χ1v) is 3.09. The maximum atomic E-state index is 11.1. The van der Waals surface area contributed by atoms with E-state index in [1.807, 2.05) is 0 Å². The molecule has 5 heteroatoms. The smallest absolute Gasteiger partial charge is 0.261 e. The summed E-state index contributed by atoms with van der Waals surface area (Å²) in [5.41, 5.74) is 5.20. The van der Waals surface area contributed by atoms with Crippen molar-refractivity contribution in [3.63, 3.8) is 0 Å². The lowest BCUT2D eigenvalue weighted by Crippen LogP contribution is -2.12. The van der Waals surface area contributed by atoms with Crippen LogP contribution in [0, 0.1) is 0 Å². The SMILES string of the molecule is Nc1cc(=O)n2ccnc2[nH]1. The Morgan fingerprint density at radius 2 is 2.45 bits per heavy atom. The van der Waals surface area contributed by atoms with Crippen molar-refractivity contribution >= 4 is 11.6 Å². The van der Waals surface area contributed by atoms with E-state index < -0.39 is 0 Å². The summed E-state index contributed by atoms with van der Waals surface area (Å²) in [6.07, 6.45) is 3.11. The predicted octanol–water partition coefficient (Wildman–Crippen LogP) is -0.395. The number of hydrogen-bond acceptors (Lipinski definition) is 3. The number of nitrogen functional groups attached to an aromatic ring is 1. The highest BCUT2D eigenvalue weighted by Crippen LogP contribution is 1.94. The van der Waals surface area contributed by atoms with Crippen LogP contribution < -0.4 is 11.3 Å². The summed E-state index contributed by atoms with van der Waals surface area (Å²) in [5.74, 6) is 0.795. The summed E-state index contributed by atoms with van der Waals surface area (Å²) in [5, 5.41) is 0. The average Bonchev–Trinajstić information content (AvgIpc) is 2.34. The highest BCUT2D eigenvalue weighted by molar-refractivity contribution is 5.37. The van der Waals surface area contributed by atoms with Gasteiger partial charge in [-0.15, -0.1) is 0 Å². The number of nitrogens with two attached hydrogens (primary N) is 1. The number of aromatic amines is 1. The number of anilines is 1. The van der Waals surface area contributed by atoms with E-state index in [1.54, 1.807) is 6.20 Å². The van der Waals surface area contributed by atoms with Crippen LogP contribution in [0.4, 0.5) is 5.82 Å². The van der Waals surface area contributed by atoms with Crippen molar-refractivity contribution in [1.29, 1.82) is 0 Å². The molecule has 11 heavy (non-hydrogen) atoms. The second-order valence-electron chi connectivity index (χ2n) is 2.18. The van der Waals surface area contributed by atoms with E-state index in [4.69, 9.17) is 5.73 Å². The van der Waals surface area contributed by atoms with Crippen molar-refractivity contribution < 1.29 is 0 Å². The molecule has 0 aliphatic rings. The van der Waals surface area contributed by atoms with Crippen LogP contribution in [0.5, 0.6) is 0 Å². The summed E-state index contributed by atoms with van der Waals surface area (Å²) in [6, 6.07) is 1.31. The Morgan fingerprint density at radius 3 is 3.27 bits per heavy atom. The summed E-state index contributed by atoms with van der Waals surface area (Å²) in [6.45, 7) is 0. The quantitative estimate of drug-likeness (QED) is 0.536. The zero-order valence-electron chi connectivity index (χ0n) is 5.61. The van der Waals surface area contributed by atoms with Crippen LogP contribution >= 0.6 is 0 Å². The van der Waals surface area contributed by atoms with Gasteiger partial charge >= 0.3 is 0 Å². The van der Waals surface area contributed by atoms with Crippen LogP contribution in [0.3, 0.4) is 0 Å². The number of aromatic nitrogens is 3. The lowest BCUT2D eigenvalue weighted by molar-refractivity contribution is 1.06. The second-order valence-corrected chi connectivity index (χ2v) is 2.18. The maximum Gasteiger partial charge on any atom is 0.261 e. The van der Waals surface area contributed by atoms with Gasteiger partial charge in [0.15, 0.2) is 0 Å². The molecule has 56 valence electrons. The first kappa shape index (κ1) is 5.96. The minimum absolute atomic E-state index is 0.172. The van der Waals surface area contributed by atoms with Crippen LogP contribution in [-0.4, -0.2) is 14.4 Å². The van der Waals surface area contributed by atoms with Gasteiger partial charge in [-0.3, -0.25) is 9.20 Å². The molecule has 0 saturated carbocycles. The summed E-state index contributed by atoms with van der Waals surface area (Å²) in [4.78, 5) is 17.7. The zero-order valence-corrected chi connectivity index (χ0v) is 5.61. The Morgan fingerprint density at radius 1 is 1.64 bits per heavy atom. The molecule has 2 rings (SSSR count). The maximum absolute atomic E-state index is 11.1. The monoisotopic (exact) mass is 150 g/mol. The van der Waals surface area contributed by atoms with Gasteiger partial charge < -0.3 is 10.7 Å². The molecule has 0 saturated heterocycles. The summed E-state index contributed by atoms with van der Waals surface area (Å²) in [7, 11) is 0. The fourth-order valence-electron chi connectivity index (χ4n) is 0.941. The highest BCUT2D eigenvalue weighted by atomic mass is 16.1. The van der Waals surface area contributed by atoms with Crippen molar-refractivity contribution in [3.8, 4) is 0 Å². The lowest BCUT2D eigenvalue weighted by atomic mass is 10.6. The molecule has 5 nitrogen and oxygen atoms in total. The number of nitrogens with zero attached hydrogens (tertiary/aromatic N) is 2. The minimum Gasteiger partial charge on any atom is -0.385 e. The van der Waals surface area contributed by atoms with E-state index in [1.165, 1.54) is 16.7 Å². The van der Waals surface area contributed by atoms with Gasteiger partial charge in [-0.1, -0.05) is 0 Å². The van der Waals surface area contributed by atoms with Gasteiger partial charge in [0.25, 0.3) is 5.56 Å². The van der Waals surface area contributed by atoms with Gasteiger partial charge in [-0.2, -0.15) is 0 Å². The topological polar surface area (TPSA) is 76.2 Å². The molecular weight excluding hydrogens is 144 g/mol. The third-order valence-corrected chi connectivity index (χ3v) is 1.41. The van der Waals surface area contributed by atoms with Crippen molar-refractivity contribution in [1.82, 2.24) is 14.4 Å². The lowest BCUT2D eigenvalue weighted by Gasteiger charge is -1.93. The standard InChI is InChI=1S/C6H6N4O/c7-4-3-5(11)10-2-1-8-6(10)9-4/h1-3H,7H2,(H,8,9). The van der Waals surface area contributed by atoms with Gasteiger partial charge in [0, 0.05) is 18.5 Å². The summed E-state index contributed by atoms with van der Waals surface area (Å²) >= 11 is 0. The molecule has 0 radical (unpaired) electrons. The molecule has 0 amide bonds. The number of rotatable bonds is 0. The summed E-state index contributed by atoms with van der Waals surface area (Å²) < 4.78 is 1.39. The molecule has 0 aromatic carbocycles.